The van der Waals surface area contributed by atoms with E-state index in [1.165, 1.54) is 0 Å². The number of hydrogen-bond acceptors (Lipinski definition) is 11. The fourth-order valence-corrected chi connectivity index (χ4v) is 6.43. The molecule has 4 aromatic carbocycles. The van der Waals surface area contributed by atoms with Crippen LogP contribution >= 0.6 is 12.4 Å². The summed E-state index contributed by atoms with van der Waals surface area (Å²) in [6.45, 7) is 10.2. The molecule has 0 saturated carbocycles. The van der Waals surface area contributed by atoms with Gasteiger partial charge in [0.15, 0.2) is 41.1 Å². The molecule has 1 atom stereocenters. The van der Waals surface area contributed by atoms with Crippen molar-refractivity contribution in [2.24, 2.45) is 0 Å². The molecule has 292 valence electrons. The van der Waals surface area contributed by atoms with Crippen LogP contribution in [-0.2, 0) is 6.42 Å². The van der Waals surface area contributed by atoms with Crippen molar-refractivity contribution in [1.82, 2.24) is 4.98 Å². The highest BCUT2D eigenvalue weighted by Crippen LogP contribution is 2.49. The number of rotatable bonds is 13. The summed E-state index contributed by atoms with van der Waals surface area (Å²) in [5.41, 5.74) is 4.27. The third-order valence-electron chi connectivity index (χ3n) is 8.91. The van der Waals surface area contributed by atoms with Gasteiger partial charge in [0.2, 0.25) is 0 Å². The summed E-state index contributed by atoms with van der Waals surface area (Å²) in [5, 5.41) is 13.2. The van der Waals surface area contributed by atoms with Crippen LogP contribution in [0.2, 0.25) is 0 Å². The molecule has 1 N–H and O–H groups in total. The number of ether oxygens (including phenoxy) is 9. The van der Waals surface area contributed by atoms with Crippen LogP contribution in [0, 0.1) is 0 Å². The van der Waals surface area contributed by atoms with E-state index in [1.807, 2.05) is 82.4 Å². The van der Waals surface area contributed by atoms with Crippen LogP contribution in [0.25, 0.3) is 22.4 Å². The molecule has 55 heavy (non-hydrogen) atoms. The maximum Gasteiger partial charge on any atom is 0.270 e. The van der Waals surface area contributed by atoms with Crippen LogP contribution < -0.4 is 42.6 Å². The lowest BCUT2D eigenvalue weighted by Gasteiger charge is -2.39. The lowest BCUT2D eigenvalue weighted by molar-refractivity contribution is -0.116. The predicted molar refractivity (Wildman–Crippen MR) is 214 cm³/mol. The zero-order valence-electron chi connectivity index (χ0n) is 32.2. The number of benzene rings is 4. The van der Waals surface area contributed by atoms with Crippen LogP contribution in [-0.4, -0.2) is 70.2 Å². The third kappa shape index (κ3) is 8.74. The Morgan fingerprint density at radius 2 is 1.33 bits per heavy atom. The van der Waals surface area contributed by atoms with Crippen molar-refractivity contribution in [3.8, 4) is 51.7 Å². The Kier molecular flexibility index (Phi) is 13.5. The van der Waals surface area contributed by atoms with Gasteiger partial charge in [-0.25, -0.2) is 0 Å². The summed E-state index contributed by atoms with van der Waals surface area (Å²) < 4.78 is 50.5. The molecule has 0 fully saturated rings. The van der Waals surface area contributed by atoms with Gasteiger partial charge in [0.05, 0.1) is 53.5 Å². The van der Waals surface area contributed by atoms with Crippen molar-refractivity contribution in [2.75, 3.05) is 54.4 Å². The first-order valence-corrected chi connectivity index (χ1v) is 18.0. The summed E-state index contributed by atoms with van der Waals surface area (Å²) >= 11 is 0. The van der Waals surface area contributed by atoms with Crippen molar-refractivity contribution in [3.63, 3.8) is 0 Å². The number of pyridine rings is 1. The fourth-order valence-electron chi connectivity index (χ4n) is 6.43. The van der Waals surface area contributed by atoms with Crippen molar-refractivity contribution in [3.05, 3.63) is 95.3 Å². The first-order valence-electron chi connectivity index (χ1n) is 18.0. The number of hydrogen-bond donors (Lipinski definition) is 1. The van der Waals surface area contributed by atoms with Crippen molar-refractivity contribution < 1.29 is 47.7 Å². The monoisotopic (exact) mass is 773 g/mol. The largest absolute Gasteiger partial charge is 0.497 e. The number of halogens is 1. The SMILES string of the molecule is CCOc1ccc(Cc2nccc3cc(OCC)c(OCC)cc23)cc1OCC.COc1ccc2c(c1)OC1(O)COc3cc(OC)c(OC)cc3C1=C2.Cl. The van der Waals surface area contributed by atoms with E-state index in [0.717, 1.165) is 50.6 Å². The van der Waals surface area contributed by atoms with Gasteiger partial charge in [-0.05, 0) is 93.3 Å². The zero-order chi connectivity index (χ0) is 38.2. The molecule has 12 heteroatoms. The molecule has 1 unspecified atom stereocenters. The highest BCUT2D eigenvalue weighted by molar-refractivity contribution is 5.92. The van der Waals surface area contributed by atoms with Crippen LogP contribution in [0.3, 0.4) is 0 Å². The van der Waals surface area contributed by atoms with Crippen LogP contribution in [0.5, 0.6) is 51.7 Å². The van der Waals surface area contributed by atoms with Gasteiger partial charge >= 0.3 is 0 Å². The molecule has 2 aliphatic rings. The molecule has 0 bridgehead atoms. The Morgan fingerprint density at radius 1 is 0.673 bits per heavy atom. The van der Waals surface area contributed by atoms with Crippen LogP contribution in [0.4, 0.5) is 0 Å². The van der Waals surface area contributed by atoms with Crippen molar-refractivity contribution in [2.45, 2.75) is 39.9 Å². The number of aliphatic hydroxyl groups is 1. The van der Waals surface area contributed by atoms with Crippen molar-refractivity contribution >= 4 is 34.8 Å². The summed E-state index contributed by atoms with van der Waals surface area (Å²) in [4.78, 5) is 4.65. The summed E-state index contributed by atoms with van der Waals surface area (Å²) in [6.07, 6.45) is 4.42. The van der Waals surface area contributed by atoms with E-state index in [1.54, 1.807) is 39.5 Å². The second-order valence-electron chi connectivity index (χ2n) is 12.3. The van der Waals surface area contributed by atoms with Crippen LogP contribution in [0.1, 0.15) is 50.1 Å². The van der Waals surface area contributed by atoms with Gasteiger partial charge in [-0.2, -0.15) is 0 Å². The first-order chi connectivity index (χ1) is 26.3. The minimum Gasteiger partial charge on any atom is -0.497 e. The molecule has 2 aliphatic heterocycles. The topological polar surface area (TPSA) is 116 Å². The quantitative estimate of drug-likeness (QED) is 0.124. The number of nitrogens with zero attached hydrogens (tertiary/aromatic N) is 1. The Labute approximate surface area is 328 Å². The van der Waals surface area contributed by atoms with Gasteiger partial charge in [0.1, 0.15) is 17.2 Å². The smallest absolute Gasteiger partial charge is 0.270 e. The maximum atomic E-state index is 11.0. The van der Waals surface area contributed by atoms with Crippen LogP contribution in [0.15, 0.2) is 72.9 Å². The average molecular weight is 774 g/mol. The number of aromatic nitrogens is 1. The van der Waals surface area contributed by atoms with Gasteiger partial charge < -0.3 is 47.7 Å². The standard InChI is InChI=1S/C24H29NO4.C19H18O6.ClH/c1-5-26-21-10-9-17(14-22(21)27-6-2)13-20-19-16-24(29-8-4)23(28-7-3)15-18(19)11-12-25-20;1-21-12-5-4-11-6-14-13-8-17(22-2)18(23-3)9-16(13)24-10-19(14,20)25-15(11)7-12;/h9-12,14-16H,5-8,13H2,1-4H3;4-9,20H,10H2,1-3H3;1H. The molecular formula is C43H48ClNO10. The lowest BCUT2D eigenvalue weighted by atomic mass is 9.90. The fraction of sp³-hybridized carbons (Fsp3) is 0.326. The highest BCUT2D eigenvalue weighted by atomic mass is 35.5. The molecule has 7 rings (SSSR count). The van der Waals surface area contributed by atoms with E-state index in [2.05, 4.69) is 11.1 Å². The molecular weight excluding hydrogens is 726 g/mol. The van der Waals surface area contributed by atoms with Gasteiger partial charge in [-0.3, -0.25) is 4.98 Å². The Bertz CT molecular complexity index is 2140. The van der Waals surface area contributed by atoms with E-state index in [0.29, 0.717) is 72.7 Å². The second-order valence-corrected chi connectivity index (χ2v) is 12.3. The van der Waals surface area contributed by atoms with E-state index < -0.39 is 5.79 Å². The minimum absolute atomic E-state index is 0. The van der Waals surface area contributed by atoms with Crippen molar-refractivity contribution in [1.29, 1.82) is 0 Å². The third-order valence-corrected chi connectivity index (χ3v) is 8.91. The zero-order valence-corrected chi connectivity index (χ0v) is 33.0. The molecule has 3 heterocycles. The van der Waals surface area contributed by atoms with E-state index in [9.17, 15) is 5.11 Å². The molecule has 0 spiro atoms. The Morgan fingerprint density at radius 3 is 2.00 bits per heavy atom. The number of fused-ring (bicyclic) bond motifs is 5. The van der Waals surface area contributed by atoms with Gasteiger partial charge in [-0.1, -0.05) is 6.07 Å². The van der Waals surface area contributed by atoms with Gasteiger partial charge in [0.25, 0.3) is 5.79 Å². The summed E-state index contributed by atoms with van der Waals surface area (Å²) in [6, 6.07) is 21.1. The predicted octanol–water partition coefficient (Wildman–Crippen LogP) is 8.57. The second kappa shape index (κ2) is 18.2. The normalized spacial score (nSPS) is 14.8. The lowest BCUT2D eigenvalue weighted by Crippen LogP contribution is -2.47. The molecule has 1 aromatic heterocycles. The molecule has 11 nitrogen and oxygen atoms in total. The Hall–Kier alpha value is -5.52. The highest BCUT2D eigenvalue weighted by Gasteiger charge is 2.44. The first kappa shape index (κ1) is 40.7. The molecule has 0 radical (unpaired) electrons. The molecule has 0 amide bonds. The Balaban J connectivity index is 0.000000209. The number of methoxy groups -OCH3 is 3. The van der Waals surface area contributed by atoms with Gasteiger partial charge in [0, 0.05) is 46.8 Å². The summed E-state index contributed by atoms with van der Waals surface area (Å²) in [7, 11) is 4.71. The summed E-state index contributed by atoms with van der Waals surface area (Å²) in [5.74, 6) is 4.38. The molecule has 0 saturated heterocycles. The maximum absolute atomic E-state index is 11.0. The average Bonchev–Trinajstić information content (AvgIpc) is 3.18. The van der Waals surface area contributed by atoms with Gasteiger partial charge in [-0.15, -0.1) is 12.4 Å². The molecule has 0 aliphatic carbocycles. The van der Waals surface area contributed by atoms with E-state index in [4.69, 9.17) is 42.6 Å². The van der Waals surface area contributed by atoms with E-state index in [-0.39, 0.29) is 19.0 Å². The molecule has 5 aromatic rings. The minimum atomic E-state index is -1.58. The van der Waals surface area contributed by atoms with E-state index >= 15 is 0 Å².